The van der Waals surface area contributed by atoms with E-state index >= 15 is 0 Å². The normalized spacial score (nSPS) is 10.4. The lowest BCUT2D eigenvalue weighted by Crippen LogP contribution is -2.25. The van der Waals surface area contributed by atoms with Crippen LogP contribution >= 0.6 is 15.9 Å². The molecular formula is C13H18BrNO2. The number of hydrogen-bond acceptors (Lipinski definition) is 2. The van der Waals surface area contributed by atoms with Crippen molar-refractivity contribution >= 4 is 21.8 Å². The molecule has 1 aromatic rings. The minimum atomic E-state index is -0.0880. The van der Waals surface area contributed by atoms with Crippen LogP contribution in [0.15, 0.2) is 22.7 Å². The summed E-state index contributed by atoms with van der Waals surface area (Å²) >= 11 is 3.35. The number of methoxy groups -OCH3 is 1. The van der Waals surface area contributed by atoms with Crippen LogP contribution in [-0.4, -0.2) is 19.6 Å². The minimum Gasteiger partial charge on any atom is -0.496 e. The molecule has 1 aromatic carbocycles. The lowest BCUT2D eigenvalue weighted by molar-refractivity contribution is 0.0949. The number of amides is 1. The van der Waals surface area contributed by atoms with Gasteiger partial charge in [0.2, 0.25) is 0 Å². The van der Waals surface area contributed by atoms with Crippen LogP contribution in [0, 0.1) is 5.92 Å². The molecule has 0 saturated heterocycles. The Morgan fingerprint density at radius 3 is 2.76 bits per heavy atom. The van der Waals surface area contributed by atoms with Gasteiger partial charge in [-0.15, -0.1) is 0 Å². The maximum absolute atomic E-state index is 11.9. The lowest BCUT2D eigenvalue weighted by atomic mass is 10.1. The molecule has 0 aliphatic heterocycles. The van der Waals surface area contributed by atoms with Crippen molar-refractivity contribution < 1.29 is 9.53 Å². The Morgan fingerprint density at radius 1 is 1.47 bits per heavy atom. The fourth-order valence-electron chi connectivity index (χ4n) is 1.42. The molecule has 0 aromatic heterocycles. The summed E-state index contributed by atoms with van der Waals surface area (Å²) in [4.78, 5) is 11.9. The summed E-state index contributed by atoms with van der Waals surface area (Å²) in [5.74, 6) is 1.08. The van der Waals surface area contributed by atoms with Crippen molar-refractivity contribution in [2.45, 2.75) is 20.3 Å². The molecule has 0 bridgehead atoms. The average Bonchev–Trinajstić information content (AvgIpc) is 2.28. The van der Waals surface area contributed by atoms with Gasteiger partial charge in [-0.1, -0.05) is 29.8 Å². The van der Waals surface area contributed by atoms with E-state index in [9.17, 15) is 4.79 Å². The van der Waals surface area contributed by atoms with Gasteiger partial charge in [0, 0.05) is 11.0 Å². The highest BCUT2D eigenvalue weighted by Crippen LogP contribution is 2.23. The SMILES string of the molecule is COc1cc(Br)ccc1C(=O)NCCC(C)C. The summed E-state index contributed by atoms with van der Waals surface area (Å²) in [5.41, 5.74) is 0.569. The predicted octanol–water partition coefficient (Wildman–Crippen LogP) is 3.23. The first-order valence-electron chi connectivity index (χ1n) is 5.66. The number of ether oxygens (including phenoxy) is 1. The Hall–Kier alpha value is -1.03. The first-order chi connectivity index (χ1) is 8.04. The molecule has 4 heteroatoms. The summed E-state index contributed by atoms with van der Waals surface area (Å²) in [6.07, 6.45) is 0.977. The Morgan fingerprint density at radius 2 is 2.18 bits per heavy atom. The van der Waals surface area contributed by atoms with Gasteiger partial charge in [-0.25, -0.2) is 0 Å². The predicted molar refractivity (Wildman–Crippen MR) is 72.5 cm³/mol. The molecule has 3 nitrogen and oxygen atoms in total. The van der Waals surface area contributed by atoms with Gasteiger partial charge in [0.15, 0.2) is 0 Å². The third kappa shape index (κ3) is 4.38. The zero-order chi connectivity index (χ0) is 12.8. The van der Waals surface area contributed by atoms with Crippen LogP contribution in [0.4, 0.5) is 0 Å². The summed E-state index contributed by atoms with van der Waals surface area (Å²) in [7, 11) is 1.56. The van der Waals surface area contributed by atoms with Crippen LogP contribution in [0.3, 0.4) is 0 Å². The summed E-state index contributed by atoms with van der Waals surface area (Å²) in [5, 5.41) is 2.89. The quantitative estimate of drug-likeness (QED) is 0.906. The first-order valence-corrected chi connectivity index (χ1v) is 6.45. The van der Waals surface area contributed by atoms with Crippen LogP contribution in [0.1, 0.15) is 30.6 Å². The van der Waals surface area contributed by atoms with E-state index in [2.05, 4.69) is 35.1 Å². The molecule has 1 rings (SSSR count). The molecule has 0 saturated carbocycles. The average molecular weight is 300 g/mol. The molecule has 0 atom stereocenters. The number of rotatable bonds is 5. The Balaban J connectivity index is 2.68. The van der Waals surface area contributed by atoms with Gasteiger partial charge in [0.25, 0.3) is 5.91 Å². The number of nitrogens with one attached hydrogen (secondary N) is 1. The number of hydrogen-bond donors (Lipinski definition) is 1. The van der Waals surface area contributed by atoms with Crippen molar-refractivity contribution in [1.82, 2.24) is 5.32 Å². The van der Waals surface area contributed by atoms with E-state index in [0.717, 1.165) is 10.9 Å². The Kier molecular flexibility index (Phi) is 5.48. The van der Waals surface area contributed by atoms with Gasteiger partial charge in [0.1, 0.15) is 5.75 Å². The van der Waals surface area contributed by atoms with Crippen LogP contribution in [-0.2, 0) is 0 Å². The van der Waals surface area contributed by atoms with Crippen LogP contribution in [0.5, 0.6) is 5.75 Å². The van der Waals surface area contributed by atoms with Crippen molar-refractivity contribution in [1.29, 1.82) is 0 Å². The van der Waals surface area contributed by atoms with E-state index in [4.69, 9.17) is 4.74 Å². The summed E-state index contributed by atoms with van der Waals surface area (Å²) in [6.45, 7) is 4.95. The van der Waals surface area contributed by atoms with Gasteiger partial charge in [-0.3, -0.25) is 4.79 Å². The van der Waals surface area contributed by atoms with E-state index in [1.165, 1.54) is 0 Å². The molecule has 0 heterocycles. The smallest absolute Gasteiger partial charge is 0.255 e. The van der Waals surface area contributed by atoms with Crippen molar-refractivity contribution in [3.8, 4) is 5.75 Å². The highest BCUT2D eigenvalue weighted by atomic mass is 79.9. The van der Waals surface area contributed by atoms with Gasteiger partial charge in [-0.2, -0.15) is 0 Å². The highest BCUT2D eigenvalue weighted by Gasteiger charge is 2.11. The van der Waals surface area contributed by atoms with E-state index in [0.29, 0.717) is 23.8 Å². The second kappa shape index (κ2) is 6.64. The number of carbonyl (C=O) groups is 1. The van der Waals surface area contributed by atoms with Crippen molar-refractivity contribution in [3.63, 3.8) is 0 Å². The van der Waals surface area contributed by atoms with Crippen LogP contribution in [0.25, 0.3) is 0 Å². The number of carbonyl (C=O) groups excluding carboxylic acids is 1. The lowest BCUT2D eigenvalue weighted by Gasteiger charge is -2.10. The number of benzene rings is 1. The third-order valence-electron chi connectivity index (χ3n) is 2.42. The summed E-state index contributed by atoms with van der Waals surface area (Å²) < 4.78 is 6.08. The molecule has 0 unspecified atom stereocenters. The van der Waals surface area contributed by atoms with Gasteiger partial charge >= 0.3 is 0 Å². The van der Waals surface area contributed by atoms with E-state index < -0.39 is 0 Å². The molecule has 0 radical (unpaired) electrons. The standard InChI is InChI=1S/C13H18BrNO2/c1-9(2)6-7-15-13(16)11-5-4-10(14)8-12(11)17-3/h4-5,8-9H,6-7H2,1-3H3,(H,15,16). The third-order valence-corrected chi connectivity index (χ3v) is 2.91. The van der Waals surface area contributed by atoms with Crippen molar-refractivity contribution in [3.05, 3.63) is 28.2 Å². The topological polar surface area (TPSA) is 38.3 Å². The maximum Gasteiger partial charge on any atom is 0.255 e. The fraction of sp³-hybridized carbons (Fsp3) is 0.462. The molecular weight excluding hydrogens is 282 g/mol. The zero-order valence-corrected chi connectivity index (χ0v) is 12.0. The van der Waals surface area contributed by atoms with Crippen LogP contribution in [0.2, 0.25) is 0 Å². The molecule has 94 valence electrons. The van der Waals surface area contributed by atoms with Crippen molar-refractivity contribution in [2.75, 3.05) is 13.7 Å². The van der Waals surface area contributed by atoms with E-state index in [-0.39, 0.29) is 5.91 Å². The molecule has 0 spiro atoms. The molecule has 1 amide bonds. The van der Waals surface area contributed by atoms with Crippen molar-refractivity contribution in [2.24, 2.45) is 5.92 Å². The Bertz CT molecular complexity index is 391. The largest absolute Gasteiger partial charge is 0.496 e. The zero-order valence-electron chi connectivity index (χ0n) is 10.4. The van der Waals surface area contributed by atoms with Gasteiger partial charge in [0.05, 0.1) is 12.7 Å². The Labute approximate surface area is 111 Å². The van der Waals surface area contributed by atoms with Gasteiger partial charge < -0.3 is 10.1 Å². The summed E-state index contributed by atoms with van der Waals surface area (Å²) in [6, 6.07) is 5.38. The van der Waals surface area contributed by atoms with Gasteiger partial charge in [-0.05, 0) is 30.5 Å². The fourth-order valence-corrected chi connectivity index (χ4v) is 1.76. The molecule has 0 aliphatic rings. The minimum absolute atomic E-state index is 0.0880. The second-order valence-corrected chi connectivity index (χ2v) is 5.20. The second-order valence-electron chi connectivity index (χ2n) is 4.28. The van der Waals surface area contributed by atoms with Crippen LogP contribution < -0.4 is 10.1 Å². The number of halogens is 1. The molecule has 0 fully saturated rings. The molecule has 17 heavy (non-hydrogen) atoms. The van der Waals surface area contributed by atoms with E-state index in [1.54, 1.807) is 19.2 Å². The highest BCUT2D eigenvalue weighted by molar-refractivity contribution is 9.10. The monoisotopic (exact) mass is 299 g/mol. The van der Waals surface area contributed by atoms with E-state index in [1.807, 2.05) is 6.07 Å². The molecule has 0 aliphatic carbocycles. The first kappa shape index (κ1) is 14.0. The molecule has 1 N–H and O–H groups in total. The maximum atomic E-state index is 11.9.